The number of halogens is 1. The first-order valence-corrected chi connectivity index (χ1v) is 7.53. The number of imidazole rings is 1. The molecule has 1 aromatic heterocycles. The van der Waals surface area contributed by atoms with E-state index in [-0.39, 0.29) is 12.2 Å². The van der Waals surface area contributed by atoms with Gasteiger partial charge in [-0.15, -0.1) is 0 Å². The summed E-state index contributed by atoms with van der Waals surface area (Å²) >= 11 is 3.33. The van der Waals surface area contributed by atoms with Crippen LogP contribution in [0.3, 0.4) is 0 Å². The van der Waals surface area contributed by atoms with Crippen molar-refractivity contribution in [2.45, 2.75) is 6.42 Å². The van der Waals surface area contributed by atoms with E-state index in [0.717, 1.165) is 4.47 Å². The van der Waals surface area contributed by atoms with Gasteiger partial charge in [0.05, 0.1) is 13.2 Å². The Labute approximate surface area is 141 Å². The third-order valence-electron chi connectivity index (χ3n) is 3.36. The molecule has 0 aliphatic heterocycles. The molecule has 0 radical (unpaired) electrons. The van der Waals surface area contributed by atoms with Gasteiger partial charge >= 0.3 is 0 Å². The third kappa shape index (κ3) is 3.66. The molecule has 6 nitrogen and oxygen atoms in total. The van der Waals surface area contributed by atoms with Crippen molar-refractivity contribution in [3.05, 3.63) is 46.5 Å². The van der Waals surface area contributed by atoms with Crippen molar-refractivity contribution < 1.29 is 14.3 Å². The molecule has 0 aliphatic rings. The van der Waals surface area contributed by atoms with Crippen LogP contribution in [0.2, 0.25) is 0 Å². The maximum absolute atomic E-state index is 12.4. The van der Waals surface area contributed by atoms with Crippen molar-refractivity contribution in [1.29, 1.82) is 5.26 Å². The van der Waals surface area contributed by atoms with E-state index in [0.29, 0.717) is 11.3 Å². The van der Waals surface area contributed by atoms with Crippen LogP contribution >= 0.6 is 15.9 Å². The van der Waals surface area contributed by atoms with E-state index in [4.69, 9.17) is 4.74 Å². The lowest BCUT2D eigenvalue weighted by atomic mass is 9.94. The number of rotatable bonds is 6. The lowest BCUT2D eigenvalue weighted by Gasteiger charge is -2.11. The zero-order valence-electron chi connectivity index (χ0n) is 12.6. The minimum atomic E-state index is -1.39. The van der Waals surface area contributed by atoms with E-state index in [1.165, 1.54) is 17.9 Å². The highest BCUT2D eigenvalue weighted by Crippen LogP contribution is 2.24. The number of nitrogens with zero attached hydrogens (tertiary/aromatic N) is 3. The van der Waals surface area contributed by atoms with Crippen molar-refractivity contribution in [2.24, 2.45) is 13.0 Å². The standard InChI is InChI=1S/C16H14BrN3O3/c1-20-6-5-19-16(20)15(22)12(9-18)13(21)8-10-7-11(17)3-4-14(10)23-2/h3-7,12H,8H2,1-2H3/t12-/m0/s1. The van der Waals surface area contributed by atoms with Crippen molar-refractivity contribution in [1.82, 2.24) is 9.55 Å². The van der Waals surface area contributed by atoms with Crippen LogP contribution in [0.4, 0.5) is 0 Å². The van der Waals surface area contributed by atoms with Gasteiger partial charge in [-0.05, 0) is 18.2 Å². The Morgan fingerprint density at radius 2 is 2.22 bits per heavy atom. The molecular weight excluding hydrogens is 362 g/mol. The molecule has 0 fully saturated rings. The largest absolute Gasteiger partial charge is 0.496 e. The second-order valence-electron chi connectivity index (χ2n) is 4.89. The molecule has 0 aliphatic carbocycles. The van der Waals surface area contributed by atoms with Crippen molar-refractivity contribution in [3.63, 3.8) is 0 Å². The summed E-state index contributed by atoms with van der Waals surface area (Å²) in [6, 6.07) is 7.02. The molecule has 23 heavy (non-hydrogen) atoms. The minimum absolute atomic E-state index is 0.0724. The monoisotopic (exact) mass is 375 g/mol. The minimum Gasteiger partial charge on any atom is -0.496 e. The maximum atomic E-state index is 12.4. The molecule has 2 rings (SSSR count). The second kappa shape index (κ2) is 7.20. The average molecular weight is 376 g/mol. The van der Waals surface area contributed by atoms with E-state index in [1.807, 2.05) is 0 Å². The van der Waals surface area contributed by atoms with E-state index >= 15 is 0 Å². The molecule has 0 saturated carbocycles. The zero-order chi connectivity index (χ0) is 17.0. The number of benzene rings is 1. The molecule has 2 aromatic rings. The number of aryl methyl sites for hydroxylation is 1. The average Bonchev–Trinajstić information content (AvgIpc) is 2.94. The summed E-state index contributed by atoms with van der Waals surface area (Å²) in [6.45, 7) is 0. The van der Waals surface area contributed by atoms with Crippen LogP contribution in [0.25, 0.3) is 0 Å². The van der Waals surface area contributed by atoms with Gasteiger partial charge in [-0.3, -0.25) is 9.59 Å². The molecule has 1 heterocycles. The number of carbonyl (C=O) groups excluding carboxylic acids is 2. The zero-order valence-corrected chi connectivity index (χ0v) is 14.2. The lowest BCUT2D eigenvalue weighted by molar-refractivity contribution is -0.119. The first-order valence-electron chi connectivity index (χ1n) is 6.74. The summed E-state index contributed by atoms with van der Waals surface area (Å²) in [4.78, 5) is 28.7. The van der Waals surface area contributed by atoms with Crippen LogP contribution in [0.1, 0.15) is 16.2 Å². The van der Waals surface area contributed by atoms with E-state index < -0.39 is 17.5 Å². The topological polar surface area (TPSA) is 85.0 Å². The molecule has 118 valence electrons. The molecule has 0 amide bonds. The van der Waals surface area contributed by atoms with Gasteiger partial charge in [0.15, 0.2) is 17.5 Å². The SMILES string of the molecule is COc1ccc(Br)cc1CC(=O)[C@H](C#N)C(=O)c1nccn1C. The third-order valence-corrected chi connectivity index (χ3v) is 3.86. The quantitative estimate of drug-likeness (QED) is 0.571. The molecule has 0 N–H and O–H groups in total. The highest BCUT2D eigenvalue weighted by Gasteiger charge is 2.30. The van der Waals surface area contributed by atoms with Gasteiger partial charge in [-0.2, -0.15) is 5.26 Å². The molecule has 0 bridgehead atoms. The summed E-state index contributed by atoms with van der Waals surface area (Å²) < 4.78 is 7.48. The van der Waals surface area contributed by atoms with Gasteiger partial charge in [0.2, 0.25) is 5.78 Å². The number of methoxy groups -OCH3 is 1. The summed E-state index contributed by atoms with van der Waals surface area (Å²) in [5.74, 6) is -1.86. The molecular formula is C16H14BrN3O3. The van der Waals surface area contributed by atoms with Crippen LogP contribution in [0, 0.1) is 17.2 Å². The van der Waals surface area contributed by atoms with Crippen molar-refractivity contribution in [2.75, 3.05) is 7.11 Å². The Morgan fingerprint density at radius 3 is 2.78 bits per heavy atom. The van der Waals surface area contributed by atoms with Crippen LogP contribution in [0.15, 0.2) is 35.1 Å². The Morgan fingerprint density at radius 1 is 1.48 bits per heavy atom. The molecule has 0 spiro atoms. The molecule has 1 atom stereocenters. The molecule has 7 heteroatoms. The van der Waals surface area contributed by atoms with Gasteiger partial charge in [-0.25, -0.2) is 4.98 Å². The van der Waals surface area contributed by atoms with Gasteiger partial charge in [-0.1, -0.05) is 15.9 Å². The lowest BCUT2D eigenvalue weighted by Crippen LogP contribution is -2.26. The van der Waals surface area contributed by atoms with E-state index in [2.05, 4.69) is 20.9 Å². The number of ketones is 2. The van der Waals surface area contributed by atoms with Gasteiger partial charge in [0.1, 0.15) is 5.75 Å². The van der Waals surface area contributed by atoms with Crippen LogP contribution in [-0.4, -0.2) is 28.2 Å². The number of aromatic nitrogens is 2. The van der Waals surface area contributed by atoms with Crippen LogP contribution in [-0.2, 0) is 18.3 Å². The highest BCUT2D eigenvalue weighted by atomic mass is 79.9. The van der Waals surface area contributed by atoms with Crippen molar-refractivity contribution in [3.8, 4) is 11.8 Å². The van der Waals surface area contributed by atoms with Gasteiger partial charge in [0, 0.05) is 35.9 Å². The summed E-state index contributed by atoms with van der Waals surface area (Å²) in [6.07, 6.45) is 2.96. The normalized spacial score (nSPS) is 11.6. The first kappa shape index (κ1) is 16.9. The maximum Gasteiger partial charge on any atom is 0.222 e. The molecule has 0 saturated heterocycles. The second-order valence-corrected chi connectivity index (χ2v) is 5.80. The summed E-state index contributed by atoms with van der Waals surface area (Å²) in [5, 5.41) is 9.25. The Bertz CT molecular complexity index is 792. The van der Waals surface area contributed by atoms with E-state index in [9.17, 15) is 14.9 Å². The summed E-state index contributed by atoms with van der Waals surface area (Å²) in [5.41, 5.74) is 0.611. The molecule has 0 unspecified atom stereocenters. The Kier molecular flexibility index (Phi) is 5.29. The predicted molar refractivity (Wildman–Crippen MR) is 86.0 cm³/mol. The number of Topliss-reactive ketones (excluding diaryl/α,β-unsaturated/α-hetero) is 2. The predicted octanol–water partition coefficient (Wildman–Crippen LogP) is 2.33. The number of hydrogen-bond donors (Lipinski definition) is 0. The number of ether oxygens (including phenoxy) is 1. The van der Waals surface area contributed by atoms with Crippen molar-refractivity contribution >= 4 is 27.5 Å². The van der Waals surface area contributed by atoms with Crippen LogP contribution in [0.5, 0.6) is 5.75 Å². The molecule has 1 aromatic carbocycles. The first-order chi connectivity index (χ1) is 11.0. The van der Waals surface area contributed by atoms with E-state index in [1.54, 1.807) is 37.5 Å². The van der Waals surface area contributed by atoms with Crippen LogP contribution < -0.4 is 4.74 Å². The smallest absolute Gasteiger partial charge is 0.222 e. The summed E-state index contributed by atoms with van der Waals surface area (Å²) in [7, 11) is 3.13. The Hall–Kier alpha value is -2.46. The highest BCUT2D eigenvalue weighted by molar-refractivity contribution is 9.10. The number of hydrogen-bond acceptors (Lipinski definition) is 5. The fourth-order valence-corrected chi connectivity index (χ4v) is 2.59. The number of nitriles is 1. The Balaban J connectivity index is 2.25. The number of carbonyl (C=O) groups is 2. The van der Waals surface area contributed by atoms with Gasteiger partial charge < -0.3 is 9.30 Å². The fourth-order valence-electron chi connectivity index (χ4n) is 2.18. The fraction of sp³-hybridized carbons (Fsp3) is 0.250. The van der Waals surface area contributed by atoms with Gasteiger partial charge in [0.25, 0.3) is 0 Å².